The molecule has 0 unspecified atom stereocenters. The Kier molecular flexibility index (Phi) is 8.54. The Morgan fingerprint density at radius 2 is 1.68 bits per heavy atom. The average molecular weight is 510 g/mol. The van der Waals surface area contributed by atoms with Gasteiger partial charge in [-0.3, -0.25) is 13.9 Å². The molecule has 0 aromatic heterocycles. The maximum absolute atomic E-state index is 13.4. The van der Waals surface area contributed by atoms with Crippen LogP contribution < -0.4 is 9.62 Å². The summed E-state index contributed by atoms with van der Waals surface area (Å²) >= 11 is 5.92. The molecular formula is C24H29ClFN3O4S. The zero-order valence-electron chi connectivity index (χ0n) is 19.2. The zero-order valence-corrected chi connectivity index (χ0v) is 20.8. The van der Waals surface area contributed by atoms with E-state index in [0.717, 1.165) is 36.2 Å². The van der Waals surface area contributed by atoms with Crippen LogP contribution in [0.15, 0.2) is 48.5 Å². The number of benzene rings is 2. The Labute approximate surface area is 204 Å². The van der Waals surface area contributed by atoms with Gasteiger partial charge in [-0.05, 0) is 61.7 Å². The third-order valence-corrected chi connectivity index (χ3v) is 7.32. The number of amides is 2. The van der Waals surface area contributed by atoms with Crippen LogP contribution in [-0.2, 0) is 26.2 Å². The SMILES string of the molecule is C[C@H](C(=O)NC1CCCC1)N(Cc1ccc(F)cc1)C(=O)CN(c1ccc(Cl)cc1)S(C)(=O)=O. The minimum absolute atomic E-state index is 0.0244. The number of nitrogens with one attached hydrogen (secondary N) is 1. The number of hydrogen-bond acceptors (Lipinski definition) is 4. The van der Waals surface area contributed by atoms with Crippen LogP contribution in [0.1, 0.15) is 38.2 Å². The van der Waals surface area contributed by atoms with Gasteiger partial charge in [-0.2, -0.15) is 0 Å². The van der Waals surface area contributed by atoms with Crippen LogP contribution >= 0.6 is 11.6 Å². The Bertz CT molecular complexity index is 1100. The summed E-state index contributed by atoms with van der Waals surface area (Å²) in [6.45, 7) is 1.14. The van der Waals surface area contributed by atoms with Crippen molar-refractivity contribution < 1.29 is 22.4 Å². The third-order valence-electron chi connectivity index (χ3n) is 5.93. The van der Waals surface area contributed by atoms with Crippen molar-refractivity contribution in [2.45, 2.75) is 51.2 Å². The predicted molar refractivity (Wildman–Crippen MR) is 130 cm³/mol. The highest BCUT2D eigenvalue weighted by atomic mass is 35.5. The molecule has 1 aliphatic carbocycles. The van der Waals surface area contributed by atoms with Gasteiger partial charge < -0.3 is 10.2 Å². The minimum atomic E-state index is -3.81. The minimum Gasteiger partial charge on any atom is -0.352 e. The summed E-state index contributed by atoms with van der Waals surface area (Å²) in [5.74, 6) is -1.28. The predicted octanol–water partition coefficient (Wildman–Crippen LogP) is 3.72. The maximum Gasteiger partial charge on any atom is 0.244 e. The largest absolute Gasteiger partial charge is 0.352 e. The fraction of sp³-hybridized carbons (Fsp3) is 0.417. The van der Waals surface area contributed by atoms with Crippen LogP contribution in [0.3, 0.4) is 0 Å². The molecule has 0 aliphatic heterocycles. The number of carbonyl (C=O) groups is 2. The molecule has 2 amide bonds. The van der Waals surface area contributed by atoms with Crippen molar-refractivity contribution in [1.82, 2.24) is 10.2 Å². The van der Waals surface area contributed by atoms with E-state index in [-0.39, 0.29) is 24.2 Å². The first-order valence-corrected chi connectivity index (χ1v) is 13.3. The summed E-state index contributed by atoms with van der Waals surface area (Å²) in [5, 5.41) is 3.42. The zero-order chi connectivity index (χ0) is 24.9. The quantitative estimate of drug-likeness (QED) is 0.558. The molecule has 7 nitrogen and oxygen atoms in total. The van der Waals surface area contributed by atoms with Crippen LogP contribution in [0.5, 0.6) is 0 Å². The Morgan fingerprint density at radius 3 is 2.24 bits per heavy atom. The van der Waals surface area contributed by atoms with E-state index in [4.69, 9.17) is 11.6 Å². The van der Waals surface area contributed by atoms with E-state index in [0.29, 0.717) is 10.6 Å². The number of rotatable bonds is 9. The van der Waals surface area contributed by atoms with E-state index < -0.39 is 34.3 Å². The highest BCUT2D eigenvalue weighted by molar-refractivity contribution is 7.92. The lowest BCUT2D eigenvalue weighted by atomic mass is 10.1. The molecule has 184 valence electrons. The number of hydrogen-bond donors (Lipinski definition) is 1. The molecule has 1 N–H and O–H groups in total. The second kappa shape index (κ2) is 11.2. The second-order valence-electron chi connectivity index (χ2n) is 8.56. The Hall–Kier alpha value is -2.65. The van der Waals surface area contributed by atoms with Gasteiger partial charge in [0.25, 0.3) is 0 Å². The fourth-order valence-corrected chi connectivity index (χ4v) is 4.96. The lowest BCUT2D eigenvalue weighted by Gasteiger charge is -2.32. The Morgan fingerprint density at radius 1 is 1.09 bits per heavy atom. The molecule has 0 saturated heterocycles. The summed E-state index contributed by atoms with van der Waals surface area (Å²) in [6, 6.07) is 10.9. The molecule has 0 spiro atoms. The molecule has 3 rings (SSSR count). The number of halogens is 2. The highest BCUT2D eigenvalue weighted by Gasteiger charge is 2.31. The van der Waals surface area contributed by atoms with E-state index in [1.165, 1.54) is 53.4 Å². The van der Waals surface area contributed by atoms with E-state index >= 15 is 0 Å². The van der Waals surface area contributed by atoms with E-state index in [1.54, 1.807) is 6.92 Å². The fourth-order valence-electron chi connectivity index (χ4n) is 3.98. The molecule has 2 aromatic rings. The monoisotopic (exact) mass is 509 g/mol. The third kappa shape index (κ3) is 6.93. The first kappa shape index (κ1) is 26.0. The molecule has 0 bridgehead atoms. The highest BCUT2D eigenvalue weighted by Crippen LogP contribution is 2.22. The molecule has 1 atom stereocenters. The average Bonchev–Trinajstić information content (AvgIpc) is 3.29. The van der Waals surface area contributed by atoms with Gasteiger partial charge in [0.15, 0.2) is 0 Å². The molecule has 34 heavy (non-hydrogen) atoms. The lowest BCUT2D eigenvalue weighted by molar-refractivity contribution is -0.139. The van der Waals surface area contributed by atoms with Gasteiger partial charge in [0.1, 0.15) is 18.4 Å². The standard InChI is InChI=1S/C24H29ClFN3O4S/c1-17(24(31)27-21-5-3-4-6-21)28(15-18-7-11-20(26)12-8-18)23(30)16-29(34(2,32)33)22-13-9-19(25)10-14-22/h7-14,17,21H,3-6,15-16H2,1-2H3,(H,27,31)/t17-/m1/s1. The molecule has 1 aliphatic rings. The number of anilines is 1. The Balaban J connectivity index is 1.86. The topological polar surface area (TPSA) is 86.8 Å². The molecule has 0 radical (unpaired) electrons. The van der Waals surface area contributed by atoms with Crippen molar-refractivity contribution in [2.24, 2.45) is 0 Å². The smallest absolute Gasteiger partial charge is 0.244 e. The summed E-state index contributed by atoms with van der Waals surface area (Å²) in [4.78, 5) is 27.7. The van der Waals surface area contributed by atoms with Crippen molar-refractivity contribution in [2.75, 3.05) is 17.1 Å². The van der Waals surface area contributed by atoms with E-state index in [2.05, 4.69) is 5.32 Å². The lowest BCUT2D eigenvalue weighted by Crippen LogP contribution is -2.52. The summed E-state index contributed by atoms with van der Waals surface area (Å²) in [5.41, 5.74) is 0.901. The van der Waals surface area contributed by atoms with Crippen LogP contribution in [0.25, 0.3) is 0 Å². The first-order valence-electron chi connectivity index (χ1n) is 11.1. The summed E-state index contributed by atoms with van der Waals surface area (Å²) in [7, 11) is -3.81. The van der Waals surface area contributed by atoms with Crippen LogP contribution in [0.2, 0.25) is 5.02 Å². The molecule has 10 heteroatoms. The number of sulfonamides is 1. The summed E-state index contributed by atoms with van der Waals surface area (Å²) < 4.78 is 39.4. The first-order chi connectivity index (χ1) is 16.0. The van der Waals surface area contributed by atoms with Gasteiger partial charge in [-0.1, -0.05) is 36.6 Å². The van der Waals surface area contributed by atoms with E-state index in [9.17, 15) is 22.4 Å². The van der Waals surface area contributed by atoms with Gasteiger partial charge in [0.2, 0.25) is 21.8 Å². The van der Waals surface area contributed by atoms with Crippen molar-refractivity contribution in [1.29, 1.82) is 0 Å². The van der Waals surface area contributed by atoms with Gasteiger partial charge in [-0.25, -0.2) is 12.8 Å². The van der Waals surface area contributed by atoms with Gasteiger partial charge >= 0.3 is 0 Å². The van der Waals surface area contributed by atoms with Gasteiger partial charge in [0.05, 0.1) is 11.9 Å². The van der Waals surface area contributed by atoms with Crippen LogP contribution in [0.4, 0.5) is 10.1 Å². The van der Waals surface area contributed by atoms with E-state index in [1.807, 2.05) is 0 Å². The molecule has 1 saturated carbocycles. The summed E-state index contributed by atoms with van der Waals surface area (Å²) in [6.07, 6.45) is 4.88. The van der Waals surface area contributed by atoms with Crippen molar-refractivity contribution in [3.8, 4) is 0 Å². The number of nitrogens with zero attached hydrogens (tertiary/aromatic N) is 2. The molecule has 0 heterocycles. The van der Waals surface area contributed by atoms with Crippen LogP contribution in [-0.4, -0.2) is 50.0 Å². The molecular weight excluding hydrogens is 481 g/mol. The van der Waals surface area contributed by atoms with Crippen LogP contribution in [0, 0.1) is 5.82 Å². The van der Waals surface area contributed by atoms with Crippen molar-refractivity contribution in [3.63, 3.8) is 0 Å². The second-order valence-corrected chi connectivity index (χ2v) is 10.9. The molecule has 1 fully saturated rings. The number of carbonyl (C=O) groups excluding carboxylic acids is 2. The molecule has 2 aromatic carbocycles. The van der Waals surface area contributed by atoms with Gasteiger partial charge in [-0.15, -0.1) is 0 Å². The van der Waals surface area contributed by atoms with Crippen molar-refractivity contribution >= 4 is 39.1 Å². The van der Waals surface area contributed by atoms with Gasteiger partial charge in [0, 0.05) is 17.6 Å². The normalized spacial score (nSPS) is 15.1. The maximum atomic E-state index is 13.4. The van der Waals surface area contributed by atoms with Crippen molar-refractivity contribution in [3.05, 3.63) is 64.9 Å².